The Bertz CT molecular complexity index is 454. The number of carbonyl (C=O) groups excluding carboxylic acids is 1. The van der Waals surface area contributed by atoms with Crippen LogP contribution >= 0.6 is 0 Å². The molecule has 0 radical (unpaired) electrons. The highest BCUT2D eigenvalue weighted by molar-refractivity contribution is 5.96. The van der Waals surface area contributed by atoms with E-state index in [-0.39, 0.29) is 11.4 Å². The topological polar surface area (TPSA) is 50.4 Å². The van der Waals surface area contributed by atoms with Gasteiger partial charge in [0.2, 0.25) is 0 Å². The van der Waals surface area contributed by atoms with Gasteiger partial charge in [0.05, 0.1) is 12.1 Å². The lowest BCUT2D eigenvalue weighted by atomic mass is 9.93. The van der Waals surface area contributed by atoms with Gasteiger partial charge >= 0.3 is 0 Å². The van der Waals surface area contributed by atoms with Gasteiger partial charge in [0.15, 0.2) is 0 Å². The number of carbonyl (C=O) groups is 1. The van der Waals surface area contributed by atoms with Crippen LogP contribution in [0.15, 0.2) is 24.3 Å². The molecule has 1 aromatic rings. The fourth-order valence-electron chi connectivity index (χ4n) is 2.59. The Labute approximate surface area is 120 Å². The molecule has 1 fully saturated rings. The third-order valence-corrected chi connectivity index (χ3v) is 3.76. The van der Waals surface area contributed by atoms with E-state index in [0.717, 1.165) is 43.5 Å². The van der Waals surface area contributed by atoms with Crippen LogP contribution in [0.25, 0.3) is 0 Å². The minimum absolute atomic E-state index is 0.00435. The van der Waals surface area contributed by atoms with Crippen molar-refractivity contribution in [2.45, 2.75) is 31.7 Å². The average Bonchev–Trinajstić information content (AvgIpc) is 2.45. The summed E-state index contributed by atoms with van der Waals surface area (Å²) in [4.78, 5) is 12.5. The number of likely N-dealkylation sites (N-methyl/N-ethyl adjacent to an activating group) is 1. The Morgan fingerprint density at radius 1 is 1.40 bits per heavy atom. The summed E-state index contributed by atoms with van der Waals surface area (Å²) in [5, 5.41) is 6.26. The fraction of sp³-hybridized carbons (Fsp3) is 0.562. The summed E-state index contributed by atoms with van der Waals surface area (Å²) in [6, 6.07) is 7.81. The first kappa shape index (κ1) is 15.0. The van der Waals surface area contributed by atoms with Crippen LogP contribution in [0.4, 0.5) is 0 Å². The number of nitrogens with one attached hydrogen (secondary N) is 2. The zero-order chi connectivity index (χ0) is 14.4. The standard InChI is InChI=1S/C16H24N2O2/c1-16(9-5-11-20-12-16)18-15(19)14-7-4-3-6-13(14)8-10-17-2/h3-4,6-7,17H,5,8-12H2,1-2H3,(H,18,19). The summed E-state index contributed by atoms with van der Waals surface area (Å²) in [7, 11) is 1.92. The van der Waals surface area contributed by atoms with Crippen molar-refractivity contribution in [3.63, 3.8) is 0 Å². The summed E-state index contributed by atoms with van der Waals surface area (Å²) in [5.74, 6) is 0.00435. The maximum absolute atomic E-state index is 12.5. The second-order valence-corrected chi connectivity index (χ2v) is 5.68. The van der Waals surface area contributed by atoms with Crippen LogP contribution in [0, 0.1) is 0 Å². The molecule has 4 heteroatoms. The Balaban J connectivity index is 2.08. The lowest BCUT2D eigenvalue weighted by Crippen LogP contribution is -2.51. The van der Waals surface area contributed by atoms with Crippen molar-refractivity contribution in [2.24, 2.45) is 0 Å². The molecule has 110 valence electrons. The van der Waals surface area contributed by atoms with Crippen molar-refractivity contribution in [2.75, 3.05) is 26.8 Å². The molecule has 1 aromatic carbocycles. The number of benzene rings is 1. The van der Waals surface area contributed by atoms with Gasteiger partial charge in [-0.15, -0.1) is 0 Å². The van der Waals surface area contributed by atoms with Gasteiger partial charge in [-0.2, -0.15) is 0 Å². The predicted molar refractivity (Wildman–Crippen MR) is 80.0 cm³/mol. The molecule has 0 aliphatic carbocycles. The first-order valence-electron chi connectivity index (χ1n) is 7.27. The van der Waals surface area contributed by atoms with E-state index in [2.05, 4.69) is 17.6 Å². The minimum Gasteiger partial charge on any atom is -0.379 e. The Kier molecular flexibility index (Phi) is 5.15. The molecule has 1 amide bonds. The molecule has 0 bridgehead atoms. The molecule has 1 atom stereocenters. The molecule has 1 aliphatic rings. The van der Waals surface area contributed by atoms with Gasteiger partial charge in [-0.25, -0.2) is 0 Å². The summed E-state index contributed by atoms with van der Waals surface area (Å²) in [5.41, 5.74) is 1.61. The Morgan fingerprint density at radius 3 is 2.90 bits per heavy atom. The van der Waals surface area contributed by atoms with Crippen molar-refractivity contribution in [3.05, 3.63) is 35.4 Å². The Hall–Kier alpha value is -1.39. The first-order valence-corrected chi connectivity index (χ1v) is 7.27. The van der Waals surface area contributed by atoms with E-state index in [1.165, 1.54) is 0 Å². The molecule has 0 spiro atoms. The number of ether oxygens (including phenoxy) is 1. The highest BCUT2D eigenvalue weighted by Crippen LogP contribution is 2.19. The van der Waals surface area contributed by atoms with Crippen LogP contribution in [0.2, 0.25) is 0 Å². The van der Waals surface area contributed by atoms with E-state index in [9.17, 15) is 4.79 Å². The average molecular weight is 276 g/mol. The van der Waals surface area contributed by atoms with E-state index in [4.69, 9.17) is 4.74 Å². The van der Waals surface area contributed by atoms with Crippen molar-refractivity contribution < 1.29 is 9.53 Å². The van der Waals surface area contributed by atoms with Crippen molar-refractivity contribution in [1.29, 1.82) is 0 Å². The van der Waals surface area contributed by atoms with Crippen molar-refractivity contribution >= 4 is 5.91 Å². The van der Waals surface area contributed by atoms with Crippen LogP contribution in [0.1, 0.15) is 35.7 Å². The third-order valence-electron chi connectivity index (χ3n) is 3.76. The summed E-state index contributed by atoms with van der Waals surface area (Å²) in [6.07, 6.45) is 2.82. The van der Waals surface area contributed by atoms with Crippen LogP contribution in [-0.4, -0.2) is 38.3 Å². The summed E-state index contributed by atoms with van der Waals surface area (Å²) < 4.78 is 5.49. The van der Waals surface area contributed by atoms with Crippen molar-refractivity contribution in [1.82, 2.24) is 10.6 Å². The Morgan fingerprint density at radius 2 is 2.20 bits per heavy atom. The molecule has 2 rings (SSSR count). The SMILES string of the molecule is CNCCc1ccccc1C(=O)NC1(C)CCCOC1. The normalized spacial score (nSPS) is 22.5. The van der Waals surface area contributed by atoms with Crippen LogP contribution in [0.3, 0.4) is 0 Å². The first-order chi connectivity index (χ1) is 9.64. The number of hydrogen-bond donors (Lipinski definition) is 2. The maximum Gasteiger partial charge on any atom is 0.252 e. The molecule has 20 heavy (non-hydrogen) atoms. The number of rotatable bonds is 5. The largest absolute Gasteiger partial charge is 0.379 e. The predicted octanol–water partition coefficient (Wildman–Crippen LogP) is 1.75. The fourth-order valence-corrected chi connectivity index (χ4v) is 2.59. The van der Waals surface area contributed by atoms with Crippen molar-refractivity contribution in [3.8, 4) is 0 Å². The molecule has 1 unspecified atom stereocenters. The smallest absolute Gasteiger partial charge is 0.252 e. The highest BCUT2D eigenvalue weighted by Gasteiger charge is 2.30. The number of amides is 1. The van der Waals surface area contributed by atoms with E-state index < -0.39 is 0 Å². The highest BCUT2D eigenvalue weighted by atomic mass is 16.5. The molecule has 1 heterocycles. The third kappa shape index (κ3) is 3.81. The summed E-state index contributed by atoms with van der Waals surface area (Å²) in [6.45, 7) is 4.31. The quantitative estimate of drug-likeness (QED) is 0.861. The summed E-state index contributed by atoms with van der Waals surface area (Å²) >= 11 is 0. The number of hydrogen-bond acceptors (Lipinski definition) is 3. The molecular weight excluding hydrogens is 252 g/mol. The second kappa shape index (κ2) is 6.86. The van der Waals surface area contributed by atoms with Gasteiger partial charge in [0, 0.05) is 12.2 Å². The minimum atomic E-state index is -0.245. The van der Waals surface area contributed by atoms with E-state index >= 15 is 0 Å². The van der Waals surface area contributed by atoms with Crippen LogP contribution in [0.5, 0.6) is 0 Å². The van der Waals surface area contributed by atoms with Crippen LogP contribution in [-0.2, 0) is 11.2 Å². The van der Waals surface area contributed by atoms with Gasteiger partial charge in [-0.05, 0) is 51.4 Å². The molecule has 4 nitrogen and oxygen atoms in total. The van der Waals surface area contributed by atoms with E-state index in [0.29, 0.717) is 6.61 Å². The van der Waals surface area contributed by atoms with Crippen LogP contribution < -0.4 is 10.6 Å². The molecule has 1 saturated heterocycles. The second-order valence-electron chi connectivity index (χ2n) is 5.68. The van der Waals surface area contributed by atoms with Gasteiger partial charge in [0.1, 0.15) is 0 Å². The molecule has 0 saturated carbocycles. The maximum atomic E-state index is 12.5. The molecule has 2 N–H and O–H groups in total. The van der Waals surface area contributed by atoms with Gasteiger partial charge in [-0.3, -0.25) is 4.79 Å². The molecular formula is C16H24N2O2. The van der Waals surface area contributed by atoms with Gasteiger partial charge in [-0.1, -0.05) is 18.2 Å². The van der Waals surface area contributed by atoms with Gasteiger partial charge < -0.3 is 15.4 Å². The zero-order valence-corrected chi connectivity index (χ0v) is 12.4. The van der Waals surface area contributed by atoms with E-state index in [1.807, 2.05) is 31.3 Å². The van der Waals surface area contributed by atoms with E-state index in [1.54, 1.807) is 0 Å². The molecule has 1 aliphatic heterocycles. The lowest BCUT2D eigenvalue weighted by molar-refractivity contribution is 0.0272. The molecule has 0 aromatic heterocycles. The van der Waals surface area contributed by atoms with Gasteiger partial charge in [0.25, 0.3) is 5.91 Å². The lowest BCUT2D eigenvalue weighted by Gasteiger charge is -2.34. The monoisotopic (exact) mass is 276 g/mol. The zero-order valence-electron chi connectivity index (χ0n) is 12.4.